The first kappa shape index (κ1) is 19.8. The zero-order chi connectivity index (χ0) is 17.5. The topological polar surface area (TPSA) is 69.7 Å². The second-order valence-corrected chi connectivity index (χ2v) is 7.44. The largest absolute Gasteiger partial charge is 0.396 e. The van der Waals surface area contributed by atoms with Crippen molar-refractivity contribution >= 4 is 18.9 Å². The summed E-state index contributed by atoms with van der Waals surface area (Å²) < 4.78 is 22.5. The van der Waals surface area contributed by atoms with E-state index in [1.54, 1.807) is 52.0 Å². The third-order valence-electron chi connectivity index (χ3n) is 3.73. The Morgan fingerprint density at radius 2 is 1.57 bits per heavy atom. The van der Waals surface area contributed by atoms with Crippen LogP contribution in [0.4, 0.5) is 0 Å². The Hall–Kier alpha value is -1.29. The van der Waals surface area contributed by atoms with Crippen LogP contribution in [0.5, 0.6) is 0 Å². The van der Waals surface area contributed by atoms with Gasteiger partial charge in [-0.2, -0.15) is 0 Å². The maximum Gasteiger partial charge on any atom is 0.396 e. The van der Waals surface area contributed by atoms with Crippen molar-refractivity contribution in [2.75, 3.05) is 13.2 Å². The van der Waals surface area contributed by atoms with Gasteiger partial charge < -0.3 is 9.05 Å². The maximum absolute atomic E-state index is 12.4. The molecule has 0 aliphatic carbocycles. The van der Waals surface area contributed by atoms with Crippen molar-refractivity contribution in [3.8, 4) is 0 Å². The summed E-state index contributed by atoms with van der Waals surface area (Å²) in [7, 11) is -3.76. The number of carbonyl (C=O) groups is 2. The second-order valence-electron chi connectivity index (χ2n) is 5.43. The van der Waals surface area contributed by atoms with Gasteiger partial charge in [0.05, 0.1) is 13.2 Å². The maximum atomic E-state index is 12.4. The number of carbonyl (C=O) groups excluding carboxylic acids is 2. The van der Waals surface area contributed by atoms with Crippen LogP contribution in [0.1, 0.15) is 44.5 Å². The smallest absolute Gasteiger partial charge is 0.303 e. The highest BCUT2D eigenvalue weighted by Gasteiger charge is 2.36. The van der Waals surface area contributed by atoms with E-state index in [1.807, 2.05) is 6.07 Å². The van der Waals surface area contributed by atoms with E-state index in [2.05, 4.69) is 0 Å². The van der Waals surface area contributed by atoms with Crippen molar-refractivity contribution in [3.63, 3.8) is 0 Å². The number of Topliss-reactive ketones (excluding diaryl/α,β-unsaturated/α-hetero) is 1. The van der Waals surface area contributed by atoms with Crippen molar-refractivity contribution in [2.24, 2.45) is 11.8 Å². The van der Waals surface area contributed by atoms with E-state index >= 15 is 0 Å². The molecule has 0 spiro atoms. The lowest BCUT2D eigenvalue weighted by molar-refractivity contribution is -0.114. The van der Waals surface area contributed by atoms with Gasteiger partial charge >= 0.3 is 7.60 Å². The zero-order valence-electron chi connectivity index (χ0n) is 14.2. The van der Waals surface area contributed by atoms with Crippen LogP contribution in [0.15, 0.2) is 30.3 Å². The predicted octanol–water partition coefficient (Wildman–Crippen LogP) is 4.32. The average molecular weight is 340 g/mol. The molecule has 2 atom stereocenters. The van der Waals surface area contributed by atoms with Crippen molar-refractivity contribution in [1.82, 2.24) is 0 Å². The third kappa shape index (κ3) is 5.38. The fourth-order valence-electron chi connectivity index (χ4n) is 2.21. The Morgan fingerprint density at radius 1 is 1.04 bits per heavy atom. The van der Waals surface area contributed by atoms with Crippen molar-refractivity contribution in [3.05, 3.63) is 35.9 Å². The van der Waals surface area contributed by atoms with Gasteiger partial charge in [0.25, 0.3) is 0 Å². The molecule has 0 aliphatic rings. The monoisotopic (exact) mass is 340 g/mol. The molecule has 0 fully saturated rings. The molecule has 0 unspecified atom stereocenters. The lowest BCUT2D eigenvalue weighted by Crippen LogP contribution is -2.22. The number of rotatable bonds is 10. The Kier molecular flexibility index (Phi) is 7.83. The first-order valence-corrected chi connectivity index (χ1v) is 9.41. The molecule has 0 N–H and O–H groups in total. The van der Waals surface area contributed by atoms with Gasteiger partial charge in [0, 0.05) is 17.9 Å². The quantitative estimate of drug-likeness (QED) is 0.468. The Morgan fingerprint density at radius 3 is 2.04 bits per heavy atom. The van der Waals surface area contributed by atoms with E-state index in [4.69, 9.17) is 9.05 Å². The highest BCUT2D eigenvalue weighted by atomic mass is 31.2. The van der Waals surface area contributed by atoms with E-state index in [-0.39, 0.29) is 37.3 Å². The molecule has 128 valence electrons. The number of ketones is 1. The minimum atomic E-state index is -3.76. The first-order chi connectivity index (χ1) is 10.9. The van der Waals surface area contributed by atoms with Gasteiger partial charge in [-0.1, -0.05) is 44.2 Å². The summed E-state index contributed by atoms with van der Waals surface area (Å²) in [5.74, 6) is -0.656. The van der Waals surface area contributed by atoms with Crippen LogP contribution in [0.3, 0.4) is 0 Å². The standard InChI is InChI=1S/C17H25O5P/c1-5-21-23(20,22-6-2)16(18)12-13(3)14(4)17(19)15-10-8-7-9-11-15/h7-11,13-14H,5-6,12H2,1-4H3/t13-,14+/m0/s1. The molecular weight excluding hydrogens is 315 g/mol. The molecular formula is C17H25O5P. The Bertz CT molecular complexity index is 560. The molecule has 6 heteroatoms. The summed E-state index contributed by atoms with van der Waals surface area (Å²) >= 11 is 0. The summed E-state index contributed by atoms with van der Waals surface area (Å²) in [6.07, 6.45) is -0.0168. The van der Waals surface area contributed by atoms with Crippen molar-refractivity contribution in [1.29, 1.82) is 0 Å². The van der Waals surface area contributed by atoms with Gasteiger partial charge in [0.1, 0.15) is 0 Å². The average Bonchev–Trinajstić information content (AvgIpc) is 2.54. The highest BCUT2D eigenvalue weighted by molar-refractivity contribution is 7.71. The molecule has 5 nitrogen and oxygen atoms in total. The Balaban J connectivity index is 2.77. The fraction of sp³-hybridized carbons (Fsp3) is 0.529. The molecule has 0 amide bonds. The van der Waals surface area contributed by atoms with Gasteiger partial charge in [-0.25, -0.2) is 0 Å². The molecule has 1 aromatic carbocycles. The summed E-state index contributed by atoms with van der Waals surface area (Å²) in [5, 5.41) is 0. The molecule has 1 rings (SSSR count). The summed E-state index contributed by atoms with van der Waals surface area (Å²) in [6, 6.07) is 8.94. The minimum Gasteiger partial charge on any atom is -0.303 e. The molecule has 0 heterocycles. The van der Waals surface area contributed by atoms with Crippen molar-refractivity contribution < 1.29 is 23.2 Å². The SMILES string of the molecule is CCOP(=O)(OCC)C(=O)C[C@H](C)[C@@H](C)C(=O)c1ccccc1. The van der Waals surface area contributed by atoms with Gasteiger partial charge in [-0.15, -0.1) is 0 Å². The van der Waals surface area contributed by atoms with Gasteiger partial charge in [0.15, 0.2) is 5.78 Å². The third-order valence-corrected chi connectivity index (χ3v) is 5.72. The molecule has 0 radical (unpaired) electrons. The van der Waals surface area contributed by atoms with E-state index < -0.39 is 13.1 Å². The van der Waals surface area contributed by atoms with Crippen LogP contribution < -0.4 is 0 Å². The van der Waals surface area contributed by atoms with E-state index in [0.717, 1.165) is 0 Å². The van der Waals surface area contributed by atoms with Crippen LogP contribution in [-0.4, -0.2) is 24.5 Å². The molecule has 0 aliphatic heterocycles. The summed E-state index contributed by atoms with van der Waals surface area (Å²) in [4.78, 5) is 24.7. The number of hydrogen-bond acceptors (Lipinski definition) is 5. The van der Waals surface area contributed by atoms with Crippen LogP contribution >= 0.6 is 7.60 Å². The van der Waals surface area contributed by atoms with Gasteiger partial charge in [-0.3, -0.25) is 14.2 Å². The molecule has 0 bridgehead atoms. The van der Waals surface area contributed by atoms with Crippen LogP contribution in [-0.2, 0) is 18.4 Å². The van der Waals surface area contributed by atoms with Gasteiger partial charge in [-0.05, 0) is 19.8 Å². The zero-order valence-corrected chi connectivity index (χ0v) is 15.0. The molecule has 1 aromatic rings. The van der Waals surface area contributed by atoms with Crippen LogP contribution in [0.25, 0.3) is 0 Å². The fourth-order valence-corrected chi connectivity index (χ4v) is 3.76. The lowest BCUT2D eigenvalue weighted by Gasteiger charge is -2.21. The second kappa shape index (κ2) is 9.11. The normalized spacial score (nSPS) is 14.3. The van der Waals surface area contributed by atoms with Crippen LogP contribution in [0.2, 0.25) is 0 Å². The lowest BCUT2D eigenvalue weighted by atomic mass is 9.87. The van der Waals surface area contributed by atoms with E-state index in [9.17, 15) is 14.2 Å². The molecule has 0 aromatic heterocycles. The molecule has 0 saturated carbocycles. The van der Waals surface area contributed by atoms with Gasteiger partial charge in [0.2, 0.25) is 5.52 Å². The number of benzene rings is 1. The number of hydrogen-bond donors (Lipinski definition) is 0. The molecule has 23 heavy (non-hydrogen) atoms. The highest BCUT2D eigenvalue weighted by Crippen LogP contribution is 2.50. The first-order valence-electron chi connectivity index (χ1n) is 7.87. The molecule has 0 saturated heterocycles. The Labute approximate surface area is 137 Å². The predicted molar refractivity (Wildman–Crippen MR) is 89.6 cm³/mol. The summed E-state index contributed by atoms with van der Waals surface area (Å²) in [5.41, 5.74) is 0.0403. The van der Waals surface area contributed by atoms with E-state index in [0.29, 0.717) is 5.56 Å². The van der Waals surface area contributed by atoms with Crippen molar-refractivity contribution in [2.45, 2.75) is 34.1 Å². The van der Waals surface area contributed by atoms with E-state index in [1.165, 1.54) is 0 Å². The summed E-state index contributed by atoms with van der Waals surface area (Å²) in [6.45, 7) is 7.16. The van der Waals surface area contributed by atoms with Crippen LogP contribution in [0, 0.1) is 11.8 Å². The minimum absolute atomic E-state index is 0.0168.